The molecule has 0 fully saturated rings. The molecule has 0 aliphatic heterocycles. The lowest BCUT2D eigenvalue weighted by Gasteiger charge is -2.13. The van der Waals surface area contributed by atoms with Gasteiger partial charge in [-0.05, 0) is 18.6 Å². The summed E-state index contributed by atoms with van der Waals surface area (Å²) >= 11 is 5.67. The van der Waals surface area contributed by atoms with Crippen molar-refractivity contribution in [2.75, 3.05) is 6.54 Å². The molecule has 0 heterocycles. The summed E-state index contributed by atoms with van der Waals surface area (Å²) in [6, 6.07) is 3.91. The fraction of sp³-hybridized carbons (Fsp3) is 0.385. The van der Waals surface area contributed by atoms with Gasteiger partial charge in [0, 0.05) is 6.54 Å². The molecule has 1 aromatic rings. The van der Waals surface area contributed by atoms with Crippen molar-refractivity contribution in [2.24, 2.45) is 5.92 Å². The third-order valence-corrected chi connectivity index (χ3v) is 3.08. The monoisotopic (exact) mass is 287 g/mol. The smallest absolute Gasteiger partial charge is 0.308 e. The highest BCUT2D eigenvalue weighted by Gasteiger charge is 2.19. The third-order valence-electron chi connectivity index (χ3n) is 2.69. The van der Waals surface area contributed by atoms with Crippen molar-refractivity contribution in [1.82, 2.24) is 5.32 Å². The van der Waals surface area contributed by atoms with E-state index in [1.54, 1.807) is 0 Å². The Morgan fingerprint density at radius 2 is 2.16 bits per heavy atom. The molecular formula is C13H15ClFNO3. The van der Waals surface area contributed by atoms with Crippen molar-refractivity contribution in [1.29, 1.82) is 0 Å². The summed E-state index contributed by atoms with van der Waals surface area (Å²) < 4.78 is 13.2. The largest absolute Gasteiger partial charge is 0.481 e. The molecule has 0 aliphatic rings. The molecule has 0 spiro atoms. The molecule has 1 atom stereocenters. The zero-order chi connectivity index (χ0) is 14.4. The molecular weight excluding hydrogens is 273 g/mol. The second-order valence-corrected chi connectivity index (χ2v) is 4.51. The van der Waals surface area contributed by atoms with Crippen LogP contribution in [0.5, 0.6) is 0 Å². The minimum Gasteiger partial charge on any atom is -0.481 e. The summed E-state index contributed by atoms with van der Waals surface area (Å²) in [5.41, 5.74) is 0.00213. The van der Waals surface area contributed by atoms with Gasteiger partial charge in [0.05, 0.1) is 16.5 Å². The summed E-state index contributed by atoms with van der Waals surface area (Å²) in [5, 5.41) is 11.1. The van der Waals surface area contributed by atoms with Gasteiger partial charge in [0.2, 0.25) is 0 Å². The van der Waals surface area contributed by atoms with E-state index in [4.69, 9.17) is 16.7 Å². The number of carboxylic acid groups (broad SMARTS) is 1. The normalized spacial score (nSPS) is 11.9. The third kappa shape index (κ3) is 4.21. The summed E-state index contributed by atoms with van der Waals surface area (Å²) in [4.78, 5) is 22.7. The van der Waals surface area contributed by atoms with Gasteiger partial charge in [-0.1, -0.05) is 31.0 Å². The van der Waals surface area contributed by atoms with E-state index in [2.05, 4.69) is 5.32 Å². The van der Waals surface area contributed by atoms with Crippen molar-refractivity contribution >= 4 is 23.5 Å². The molecule has 2 N–H and O–H groups in total. The van der Waals surface area contributed by atoms with E-state index in [9.17, 15) is 14.0 Å². The van der Waals surface area contributed by atoms with E-state index in [1.165, 1.54) is 12.1 Å². The maximum absolute atomic E-state index is 13.2. The molecule has 0 saturated carbocycles. The van der Waals surface area contributed by atoms with Crippen LogP contribution in [0, 0.1) is 11.7 Å². The van der Waals surface area contributed by atoms with E-state index in [0.717, 1.165) is 6.07 Å². The summed E-state index contributed by atoms with van der Waals surface area (Å²) in [7, 11) is 0. The van der Waals surface area contributed by atoms with E-state index < -0.39 is 23.6 Å². The standard InChI is InChI=1S/C13H15ClFNO3/c1-2-4-8(13(18)19)7-16-12(17)9-5-3-6-10(15)11(9)14/h3,5-6,8H,2,4,7H2,1H3,(H,16,17)(H,18,19). The molecule has 19 heavy (non-hydrogen) atoms. The molecule has 1 unspecified atom stereocenters. The molecule has 6 heteroatoms. The number of hydrogen-bond acceptors (Lipinski definition) is 2. The number of carbonyl (C=O) groups is 2. The number of nitrogens with one attached hydrogen (secondary N) is 1. The zero-order valence-corrected chi connectivity index (χ0v) is 11.2. The van der Waals surface area contributed by atoms with Crippen LogP contribution in [0.4, 0.5) is 4.39 Å². The Morgan fingerprint density at radius 3 is 2.74 bits per heavy atom. The second-order valence-electron chi connectivity index (χ2n) is 4.14. The first-order valence-electron chi connectivity index (χ1n) is 5.92. The predicted octanol–water partition coefficient (Wildman–Crippen LogP) is 2.71. The summed E-state index contributed by atoms with van der Waals surface area (Å²) in [6.45, 7) is 1.86. The van der Waals surface area contributed by atoms with Crippen molar-refractivity contribution in [3.8, 4) is 0 Å². The lowest BCUT2D eigenvalue weighted by molar-refractivity contribution is -0.141. The van der Waals surface area contributed by atoms with Crippen LogP contribution in [-0.4, -0.2) is 23.5 Å². The highest BCUT2D eigenvalue weighted by atomic mass is 35.5. The first kappa shape index (κ1) is 15.4. The Labute approximate surface area is 115 Å². The molecule has 0 saturated heterocycles. The number of aliphatic carboxylic acids is 1. The molecule has 1 aromatic carbocycles. The Morgan fingerprint density at radius 1 is 1.47 bits per heavy atom. The van der Waals surface area contributed by atoms with Gasteiger partial charge >= 0.3 is 5.97 Å². The number of rotatable bonds is 6. The van der Waals surface area contributed by atoms with Crippen molar-refractivity contribution in [3.63, 3.8) is 0 Å². The molecule has 0 radical (unpaired) electrons. The van der Waals surface area contributed by atoms with Crippen molar-refractivity contribution < 1.29 is 19.1 Å². The van der Waals surface area contributed by atoms with Crippen molar-refractivity contribution in [3.05, 3.63) is 34.6 Å². The lowest BCUT2D eigenvalue weighted by atomic mass is 10.0. The molecule has 1 rings (SSSR count). The number of carboxylic acids is 1. The van der Waals surface area contributed by atoms with Gasteiger partial charge in [-0.25, -0.2) is 4.39 Å². The maximum Gasteiger partial charge on any atom is 0.308 e. The maximum atomic E-state index is 13.2. The second kappa shape index (κ2) is 7.09. The average molecular weight is 288 g/mol. The van der Waals surface area contributed by atoms with Crippen molar-refractivity contribution in [2.45, 2.75) is 19.8 Å². The van der Waals surface area contributed by atoms with Crippen LogP contribution >= 0.6 is 11.6 Å². The number of carbonyl (C=O) groups excluding carboxylic acids is 1. The average Bonchev–Trinajstić information content (AvgIpc) is 2.37. The van der Waals surface area contributed by atoms with Gasteiger partial charge in [0.25, 0.3) is 5.91 Å². The van der Waals surface area contributed by atoms with E-state index >= 15 is 0 Å². The molecule has 104 valence electrons. The Kier molecular flexibility index (Phi) is 5.76. The van der Waals surface area contributed by atoms with E-state index in [0.29, 0.717) is 12.8 Å². The number of benzene rings is 1. The fourth-order valence-corrected chi connectivity index (χ4v) is 1.86. The topological polar surface area (TPSA) is 66.4 Å². The Hall–Kier alpha value is -1.62. The van der Waals surface area contributed by atoms with Crippen LogP contribution in [-0.2, 0) is 4.79 Å². The number of hydrogen-bond donors (Lipinski definition) is 2. The molecule has 0 bridgehead atoms. The lowest BCUT2D eigenvalue weighted by Crippen LogP contribution is -2.33. The van der Waals surface area contributed by atoms with Crippen LogP contribution < -0.4 is 5.32 Å². The molecule has 1 amide bonds. The minimum atomic E-state index is -0.965. The summed E-state index contributed by atoms with van der Waals surface area (Å²) in [5.74, 6) is -2.88. The predicted molar refractivity (Wildman–Crippen MR) is 69.8 cm³/mol. The van der Waals surface area contributed by atoms with E-state index in [-0.39, 0.29) is 17.1 Å². The molecule has 0 aliphatic carbocycles. The fourth-order valence-electron chi connectivity index (χ4n) is 1.65. The number of amides is 1. The first-order valence-corrected chi connectivity index (χ1v) is 6.30. The van der Waals surface area contributed by atoms with E-state index in [1.807, 2.05) is 6.92 Å². The quantitative estimate of drug-likeness (QED) is 0.845. The molecule has 0 aromatic heterocycles. The SMILES string of the molecule is CCCC(CNC(=O)c1cccc(F)c1Cl)C(=O)O. The molecule has 4 nitrogen and oxygen atoms in total. The van der Waals surface area contributed by atoms with Crippen LogP contribution in [0.2, 0.25) is 5.02 Å². The minimum absolute atomic E-state index is 0.00213. The highest BCUT2D eigenvalue weighted by Crippen LogP contribution is 2.19. The van der Waals surface area contributed by atoms with Crippen LogP contribution in [0.1, 0.15) is 30.1 Å². The number of halogens is 2. The van der Waals surface area contributed by atoms with Gasteiger partial charge in [-0.2, -0.15) is 0 Å². The first-order chi connectivity index (χ1) is 8.97. The zero-order valence-electron chi connectivity index (χ0n) is 10.5. The van der Waals surface area contributed by atoms with Crippen LogP contribution in [0.15, 0.2) is 18.2 Å². The van der Waals surface area contributed by atoms with Crippen LogP contribution in [0.3, 0.4) is 0 Å². The summed E-state index contributed by atoms with van der Waals surface area (Å²) in [6.07, 6.45) is 1.17. The van der Waals surface area contributed by atoms with Gasteiger partial charge in [-0.15, -0.1) is 0 Å². The highest BCUT2D eigenvalue weighted by molar-refractivity contribution is 6.34. The van der Waals surface area contributed by atoms with Crippen LogP contribution in [0.25, 0.3) is 0 Å². The van der Waals surface area contributed by atoms with Gasteiger partial charge < -0.3 is 10.4 Å². The van der Waals surface area contributed by atoms with Gasteiger partial charge in [0.15, 0.2) is 0 Å². The van der Waals surface area contributed by atoms with Gasteiger partial charge in [-0.3, -0.25) is 9.59 Å². The van der Waals surface area contributed by atoms with Gasteiger partial charge in [0.1, 0.15) is 5.82 Å². The Bertz CT molecular complexity index is 479. The Balaban J connectivity index is 2.69.